The van der Waals surface area contributed by atoms with E-state index in [0.717, 1.165) is 5.75 Å². The van der Waals surface area contributed by atoms with E-state index in [1.807, 2.05) is 30.3 Å². The second kappa shape index (κ2) is 7.40. The lowest BCUT2D eigenvalue weighted by molar-refractivity contribution is -0.119. The zero-order chi connectivity index (χ0) is 14.2. The van der Waals surface area contributed by atoms with Crippen LogP contribution in [0.4, 0.5) is 0 Å². The Balaban J connectivity index is 1.65. The Labute approximate surface area is 121 Å². The van der Waals surface area contributed by atoms with Crippen molar-refractivity contribution in [1.29, 1.82) is 0 Å². The monoisotopic (exact) mass is 289 g/mol. The standard InChI is InChI=1S/C14H15N3O2S/c18-13(10-20-9-11-5-2-1-3-6-11)16-17-14(19)12-7-4-8-15-12/h1-8,15H,9-10H2,(H,16,18)(H,17,19). The number of carbonyl (C=O) groups excluding carboxylic acids is 2. The Hall–Kier alpha value is -2.21. The van der Waals surface area contributed by atoms with Gasteiger partial charge in [-0.1, -0.05) is 30.3 Å². The molecule has 2 aromatic rings. The van der Waals surface area contributed by atoms with Crippen molar-refractivity contribution in [3.8, 4) is 0 Å². The van der Waals surface area contributed by atoms with Gasteiger partial charge in [0.05, 0.1) is 5.75 Å². The Morgan fingerprint density at radius 3 is 2.55 bits per heavy atom. The molecule has 1 heterocycles. The van der Waals surface area contributed by atoms with Gasteiger partial charge in [-0.25, -0.2) is 0 Å². The van der Waals surface area contributed by atoms with Gasteiger partial charge < -0.3 is 4.98 Å². The summed E-state index contributed by atoms with van der Waals surface area (Å²) in [6.07, 6.45) is 1.65. The van der Waals surface area contributed by atoms with Crippen LogP contribution in [0.3, 0.4) is 0 Å². The van der Waals surface area contributed by atoms with Crippen molar-refractivity contribution in [1.82, 2.24) is 15.8 Å². The lowest BCUT2D eigenvalue weighted by Gasteiger charge is -2.06. The van der Waals surface area contributed by atoms with Gasteiger partial charge in [-0.2, -0.15) is 0 Å². The first kappa shape index (κ1) is 14.2. The van der Waals surface area contributed by atoms with E-state index in [9.17, 15) is 9.59 Å². The molecule has 2 rings (SSSR count). The van der Waals surface area contributed by atoms with E-state index >= 15 is 0 Å². The topological polar surface area (TPSA) is 74.0 Å². The zero-order valence-electron chi connectivity index (χ0n) is 10.8. The summed E-state index contributed by atoms with van der Waals surface area (Å²) >= 11 is 1.49. The van der Waals surface area contributed by atoms with E-state index in [-0.39, 0.29) is 11.8 Å². The molecule has 0 fully saturated rings. The highest BCUT2D eigenvalue weighted by Crippen LogP contribution is 2.10. The fourth-order valence-electron chi connectivity index (χ4n) is 1.54. The summed E-state index contributed by atoms with van der Waals surface area (Å²) < 4.78 is 0. The van der Waals surface area contributed by atoms with Crippen LogP contribution in [0.15, 0.2) is 48.7 Å². The average molecular weight is 289 g/mol. The van der Waals surface area contributed by atoms with Crippen molar-refractivity contribution in [3.05, 3.63) is 59.9 Å². The van der Waals surface area contributed by atoms with Gasteiger partial charge in [0.1, 0.15) is 5.69 Å². The SMILES string of the molecule is O=C(CSCc1ccccc1)NNC(=O)c1ccc[nH]1. The molecule has 0 radical (unpaired) electrons. The van der Waals surface area contributed by atoms with Crippen LogP contribution >= 0.6 is 11.8 Å². The van der Waals surface area contributed by atoms with Gasteiger partial charge in [-0.05, 0) is 17.7 Å². The van der Waals surface area contributed by atoms with Crippen LogP contribution in [0.2, 0.25) is 0 Å². The number of hydrazine groups is 1. The normalized spacial score (nSPS) is 10.0. The van der Waals surface area contributed by atoms with Gasteiger partial charge in [0.25, 0.3) is 5.91 Å². The summed E-state index contributed by atoms with van der Waals surface area (Å²) in [4.78, 5) is 25.8. The summed E-state index contributed by atoms with van der Waals surface area (Å²) in [7, 11) is 0. The first-order chi connectivity index (χ1) is 9.75. The van der Waals surface area contributed by atoms with E-state index < -0.39 is 0 Å². The molecule has 2 amide bonds. The van der Waals surface area contributed by atoms with Gasteiger partial charge in [0.2, 0.25) is 5.91 Å². The van der Waals surface area contributed by atoms with Crippen molar-refractivity contribution >= 4 is 23.6 Å². The van der Waals surface area contributed by atoms with E-state index in [2.05, 4.69) is 15.8 Å². The van der Waals surface area contributed by atoms with Crippen LogP contribution in [-0.2, 0) is 10.5 Å². The molecule has 104 valence electrons. The Kier molecular flexibility index (Phi) is 5.25. The highest BCUT2D eigenvalue weighted by Gasteiger charge is 2.07. The molecule has 1 aromatic heterocycles. The second-order valence-electron chi connectivity index (χ2n) is 4.06. The number of hydrogen-bond donors (Lipinski definition) is 3. The maximum absolute atomic E-state index is 11.6. The zero-order valence-corrected chi connectivity index (χ0v) is 11.6. The molecule has 6 heteroatoms. The molecule has 0 bridgehead atoms. The molecule has 0 aliphatic heterocycles. The molecule has 3 N–H and O–H groups in total. The summed E-state index contributed by atoms with van der Waals surface area (Å²) in [6, 6.07) is 13.3. The van der Waals surface area contributed by atoms with Gasteiger partial charge >= 0.3 is 0 Å². The molecule has 1 aromatic carbocycles. The largest absolute Gasteiger partial charge is 0.357 e. The maximum Gasteiger partial charge on any atom is 0.286 e. The number of hydrogen-bond acceptors (Lipinski definition) is 3. The molecule has 0 atom stereocenters. The minimum atomic E-state index is -0.364. The number of thioether (sulfide) groups is 1. The third-order valence-corrected chi connectivity index (χ3v) is 3.51. The number of H-pyrrole nitrogens is 1. The Morgan fingerprint density at radius 2 is 1.85 bits per heavy atom. The van der Waals surface area contributed by atoms with Crippen LogP contribution in [-0.4, -0.2) is 22.6 Å². The first-order valence-corrected chi connectivity index (χ1v) is 7.25. The number of aromatic nitrogens is 1. The van der Waals surface area contributed by atoms with E-state index in [1.54, 1.807) is 18.3 Å². The molecule has 0 spiro atoms. The van der Waals surface area contributed by atoms with Crippen molar-refractivity contribution in [2.24, 2.45) is 0 Å². The number of benzene rings is 1. The molecule has 20 heavy (non-hydrogen) atoms. The number of rotatable bonds is 5. The van der Waals surface area contributed by atoms with E-state index in [0.29, 0.717) is 11.4 Å². The predicted molar refractivity (Wildman–Crippen MR) is 79.0 cm³/mol. The molecule has 5 nitrogen and oxygen atoms in total. The third kappa shape index (κ3) is 4.47. The van der Waals surface area contributed by atoms with Crippen molar-refractivity contribution in [3.63, 3.8) is 0 Å². The average Bonchev–Trinajstić information content (AvgIpc) is 3.00. The quantitative estimate of drug-likeness (QED) is 0.734. The number of carbonyl (C=O) groups is 2. The Bertz CT molecular complexity index is 555. The second-order valence-corrected chi connectivity index (χ2v) is 5.05. The number of nitrogens with one attached hydrogen (secondary N) is 3. The number of aromatic amines is 1. The van der Waals surface area contributed by atoms with Gasteiger partial charge in [-0.15, -0.1) is 11.8 Å². The highest BCUT2D eigenvalue weighted by atomic mass is 32.2. The van der Waals surface area contributed by atoms with Gasteiger partial charge in [0, 0.05) is 11.9 Å². The predicted octanol–water partition coefficient (Wildman–Crippen LogP) is 1.71. The molecule has 0 saturated heterocycles. The lowest BCUT2D eigenvalue weighted by Crippen LogP contribution is -2.42. The summed E-state index contributed by atoms with van der Waals surface area (Å²) in [5, 5.41) is 0. The summed E-state index contributed by atoms with van der Waals surface area (Å²) in [6.45, 7) is 0. The van der Waals surface area contributed by atoms with Gasteiger partial charge in [0.15, 0.2) is 0 Å². The van der Waals surface area contributed by atoms with Crippen molar-refractivity contribution < 1.29 is 9.59 Å². The smallest absolute Gasteiger partial charge is 0.286 e. The molecule has 0 aliphatic rings. The van der Waals surface area contributed by atoms with Crippen LogP contribution in [0.25, 0.3) is 0 Å². The van der Waals surface area contributed by atoms with Crippen LogP contribution in [0.1, 0.15) is 16.1 Å². The van der Waals surface area contributed by atoms with Crippen LogP contribution < -0.4 is 10.9 Å². The van der Waals surface area contributed by atoms with Crippen molar-refractivity contribution in [2.45, 2.75) is 5.75 Å². The maximum atomic E-state index is 11.6. The molecule has 0 aliphatic carbocycles. The third-order valence-electron chi connectivity index (χ3n) is 2.50. The van der Waals surface area contributed by atoms with Crippen LogP contribution in [0.5, 0.6) is 0 Å². The highest BCUT2D eigenvalue weighted by molar-refractivity contribution is 7.99. The Morgan fingerprint density at radius 1 is 1.05 bits per heavy atom. The number of amides is 2. The fraction of sp³-hybridized carbons (Fsp3) is 0.143. The summed E-state index contributed by atoms with van der Waals surface area (Å²) in [5.74, 6) is 0.459. The molecular formula is C14H15N3O2S. The van der Waals surface area contributed by atoms with E-state index in [1.165, 1.54) is 17.3 Å². The van der Waals surface area contributed by atoms with E-state index in [4.69, 9.17) is 0 Å². The van der Waals surface area contributed by atoms with Crippen LogP contribution in [0, 0.1) is 0 Å². The minimum absolute atomic E-state index is 0.231. The molecule has 0 saturated carbocycles. The summed E-state index contributed by atoms with van der Waals surface area (Å²) in [5.41, 5.74) is 6.30. The molecule has 0 unspecified atom stereocenters. The fourth-order valence-corrected chi connectivity index (χ4v) is 2.33. The molecular weight excluding hydrogens is 274 g/mol. The minimum Gasteiger partial charge on any atom is -0.357 e. The first-order valence-electron chi connectivity index (χ1n) is 6.10. The van der Waals surface area contributed by atoms with Crippen molar-refractivity contribution in [2.75, 3.05) is 5.75 Å². The van der Waals surface area contributed by atoms with Gasteiger partial charge in [-0.3, -0.25) is 20.4 Å². The lowest BCUT2D eigenvalue weighted by atomic mass is 10.2.